The number of hydrogen-bond donors (Lipinski definition) is 1. The zero-order valence-corrected chi connectivity index (χ0v) is 8.56. The second-order valence-electron chi connectivity index (χ2n) is 3.06. The van der Waals surface area contributed by atoms with Crippen LogP contribution >= 0.6 is 11.3 Å². The lowest BCUT2D eigenvalue weighted by molar-refractivity contribution is 0.474. The number of rotatable bonds is 1. The summed E-state index contributed by atoms with van der Waals surface area (Å²) < 4.78 is 1.07. The molecule has 0 fully saturated rings. The molecule has 0 saturated carbocycles. The van der Waals surface area contributed by atoms with Crippen LogP contribution in [-0.4, -0.2) is 5.11 Å². The maximum absolute atomic E-state index is 9.53. The van der Waals surface area contributed by atoms with Gasteiger partial charge >= 0.3 is 0 Å². The van der Waals surface area contributed by atoms with Gasteiger partial charge in [0.15, 0.2) is 0 Å². The van der Waals surface area contributed by atoms with Crippen LogP contribution in [0.3, 0.4) is 0 Å². The van der Waals surface area contributed by atoms with Gasteiger partial charge in [0.25, 0.3) is 0 Å². The summed E-state index contributed by atoms with van der Waals surface area (Å²) in [5, 5.41) is 21.4. The molecule has 0 bridgehead atoms. The molecular weight excluding hydrogens is 194 g/mol. The van der Waals surface area contributed by atoms with Gasteiger partial charge in [-0.3, -0.25) is 0 Å². The second-order valence-corrected chi connectivity index (χ2v) is 3.97. The SMILES string of the molecule is CCc1csc2ccc(O)c(C#N)c12. The monoisotopic (exact) mass is 203 g/mol. The van der Waals surface area contributed by atoms with Gasteiger partial charge in [-0.15, -0.1) is 11.3 Å². The second kappa shape index (κ2) is 3.32. The van der Waals surface area contributed by atoms with E-state index in [2.05, 4.69) is 6.07 Å². The van der Waals surface area contributed by atoms with E-state index < -0.39 is 0 Å². The van der Waals surface area contributed by atoms with Crippen molar-refractivity contribution in [2.45, 2.75) is 13.3 Å². The van der Waals surface area contributed by atoms with Gasteiger partial charge in [-0.2, -0.15) is 5.26 Å². The molecule has 2 nitrogen and oxygen atoms in total. The van der Waals surface area contributed by atoms with Crippen LogP contribution in [0.5, 0.6) is 5.75 Å². The molecule has 14 heavy (non-hydrogen) atoms. The summed E-state index contributed by atoms with van der Waals surface area (Å²) in [5.41, 5.74) is 1.54. The zero-order valence-electron chi connectivity index (χ0n) is 7.74. The number of thiophene rings is 1. The van der Waals surface area contributed by atoms with Crippen molar-refractivity contribution in [3.05, 3.63) is 28.6 Å². The molecule has 1 aromatic carbocycles. The first-order chi connectivity index (χ1) is 6.77. The smallest absolute Gasteiger partial charge is 0.134 e. The molecule has 0 aliphatic carbocycles. The number of nitrogens with zero attached hydrogens (tertiary/aromatic N) is 1. The van der Waals surface area contributed by atoms with E-state index in [-0.39, 0.29) is 5.75 Å². The Kier molecular flexibility index (Phi) is 2.14. The van der Waals surface area contributed by atoms with Gasteiger partial charge < -0.3 is 5.11 Å². The van der Waals surface area contributed by atoms with Crippen LogP contribution in [0, 0.1) is 11.3 Å². The van der Waals surface area contributed by atoms with E-state index in [4.69, 9.17) is 5.26 Å². The van der Waals surface area contributed by atoms with Gasteiger partial charge in [-0.1, -0.05) is 6.92 Å². The molecule has 2 aromatic rings. The first-order valence-corrected chi connectivity index (χ1v) is 5.28. The summed E-state index contributed by atoms with van der Waals surface area (Å²) in [6.07, 6.45) is 0.887. The Morgan fingerprint density at radius 3 is 2.93 bits per heavy atom. The number of phenolic OH excluding ortho intramolecular Hbond substituents is 1. The van der Waals surface area contributed by atoms with Gasteiger partial charge in [0.2, 0.25) is 0 Å². The van der Waals surface area contributed by atoms with Crippen molar-refractivity contribution < 1.29 is 5.11 Å². The number of aryl methyl sites for hydroxylation is 1. The lowest BCUT2D eigenvalue weighted by atomic mass is 10.1. The summed E-state index contributed by atoms with van der Waals surface area (Å²) in [7, 11) is 0. The molecule has 0 spiro atoms. The first-order valence-electron chi connectivity index (χ1n) is 4.40. The molecule has 1 N–H and O–H groups in total. The first kappa shape index (κ1) is 9.04. The minimum Gasteiger partial charge on any atom is -0.507 e. The third kappa shape index (κ3) is 1.16. The molecule has 2 rings (SSSR count). The fraction of sp³-hybridized carbons (Fsp3) is 0.182. The quantitative estimate of drug-likeness (QED) is 0.774. The molecular formula is C11H9NOS. The van der Waals surface area contributed by atoms with Crippen molar-refractivity contribution in [3.63, 3.8) is 0 Å². The largest absolute Gasteiger partial charge is 0.507 e. The van der Waals surface area contributed by atoms with Crippen LogP contribution in [0.15, 0.2) is 17.5 Å². The normalized spacial score (nSPS) is 10.3. The lowest BCUT2D eigenvalue weighted by Crippen LogP contribution is -1.82. The van der Waals surface area contributed by atoms with Gasteiger partial charge in [-0.25, -0.2) is 0 Å². The van der Waals surface area contributed by atoms with Gasteiger partial charge in [0, 0.05) is 10.1 Å². The van der Waals surface area contributed by atoms with Crippen LogP contribution in [0.4, 0.5) is 0 Å². The van der Waals surface area contributed by atoms with E-state index in [0.29, 0.717) is 5.56 Å². The Labute approximate surface area is 86.0 Å². The van der Waals surface area contributed by atoms with Crippen molar-refractivity contribution in [2.24, 2.45) is 0 Å². The molecule has 70 valence electrons. The highest BCUT2D eigenvalue weighted by Gasteiger charge is 2.11. The Morgan fingerprint density at radius 1 is 1.50 bits per heavy atom. The standard InChI is InChI=1S/C11H9NOS/c1-2-7-6-14-10-4-3-9(13)8(5-12)11(7)10/h3-4,6,13H,2H2,1H3. The number of benzene rings is 1. The van der Waals surface area contributed by atoms with E-state index in [9.17, 15) is 5.11 Å². The highest BCUT2D eigenvalue weighted by molar-refractivity contribution is 7.17. The molecule has 1 aromatic heterocycles. The van der Waals surface area contributed by atoms with Crippen molar-refractivity contribution in [3.8, 4) is 11.8 Å². The van der Waals surface area contributed by atoms with Crippen LogP contribution in [0.2, 0.25) is 0 Å². The van der Waals surface area contributed by atoms with Gasteiger partial charge in [0.1, 0.15) is 17.4 Å². The Morgan fingerprint density at radius 2 is 2.29 bits per heavy atom. The van der Waals surface area contributed by atoms with Gasteiger partial charge in [-0.05, 0) is 29.5 Å². The molecule has 0 aliphatic heterocycles. The average molecular weight is 203 g/mol. The highest BCUT2D eigenvalue weighted by Crippen LogP contribution is 2.33. The summed E-state index contributed by atoms with van der Waals surface area (Å²) >= 11 is 1.61. The van der Waals surface area contributed by atoms with E-state index in [1.165, 1.54) is 0 Å². The molecule has 0 aliphatic rings. The fourth-order valence-corrected chi connectivity index (χ4v) is 2.61. The van der Waals surface area contributed by atoms with Crippen molar-refractivity contribution in [1.82, 2.24) is 0 Å². The molecule has 0 saturated heterocycles. The molecule has 0 unspecified atom stereocenters. The van der Waals surface area contributed by atoms with Gasteiger partial charge in [0.05, 0.1) is 0 Å². The maximum Gasteiger partial charge on any atom is 0.134 e. The zero-order chi connectivity index (χ0) is 10.1. The summed E-state index contributed by atoms with van der Waals surface area (Å²) in [6, 6.07) is 5.49. The van der Waals surface area contributed by atoms with E-state index in [1.54, 1.807) is 17.4 Å². The third-order valence-corrected chi connectivity index (χ3v) is 3.28. The molecule has 0 atom stereocenters. The predicted molar refractivity (Wildman–Crippen MR) is 57.6 cm³/mol. The molecule has 0 radical (unpaired) electrons. The van der Waals surface area contributed by atoms with Crippen molar-refractivity contribution in [2.75, 3.05) is 0 Å². The minimum atomic E-state index is 0.0769. The number of fused-ring (bicyclic) bond motifs is 1. The highest BCUT2D eigenvalue weighted by atomic mass is 32.1. The summed E-state index contributed by atoms with van der Waals surface area (Å²) in [4.78, 5) is 0. The summed E-state index contributed by atoms with van der Waals surface area (Å²) in [6.45, 7) is 2.05. The van der Waals surface area contributed by atoms with Crippen molar-refractivity contribution >= 4 is 21.4 Å². The summed E-state index contributed by atoms with van der Waals surface area (Å²) in [5.74, 6) is 0.0769. The third-order valence-electron chi connectivity index (χ3n) is 2.29. The van der Waals surface area contributed by atoms with Crippen molar-refractivity contribution in [1.29, 1.82) is 5.26 Å². The van der Waals surface area contributed by atoms with Crippen LogP contribution < -0.4 is 0 Å². The number of aromatic hydroxyl groups is 1. The predicted octanol–water partition coefficient (Wildman–Crippen LogP) is 3.04. The minimum absolute atomic E-state index is 0.0769. The Bertz CT molecular complexity index is 522. The lowest BCUT2D eigenvalue weighted by Gasteiger charge is -1.99. The number of nitriles is 1. The fourth-order valence-electron chi connectivity index (χ4n) is 1.56. The van der Waals surface area contributed by atoms with Crippen LogP contribution in [0.1, 0.15) is 18.1 Å². The number of phenols is 1. The number of hydrogen-bond acceptors (Lipinski definition) is 3. The molecule has 0 amide bonds. The van der Waals surface area contributed by atoms with Crippen LogP contribution in [-0.2, 0) is 6.42 Å². The van der Waals surface area contributed by atoms with E-state index in [1.807, 2.05) is 18.4 Å². The Balaban J connectivity index is 2.90. The van der Waals surface area contributed by atoms with E-state index >= 15 is 0 Å². The Hall–Kier alpha value is -1.53. The average Bonchev–Trinajstić information content (AvgIpc) is 2.61. The maximum atomic E-state index is 9.53. The van der Waals surface area contributed by atoms with E-state index in [0.717, 1.165) is 22.1 Å². The van der Waals surface area contributed by atoms with Crippen LogP contribution in [0.25, 0.3) is 10.1 Å². The molecule has 1 heterocycles. The molecule has 3 heteroatoms. The topological polar surface area (TPSA) is 44.0 Å².